The third kappa shape index (κ3) is 2.85. The Balaban J connectivity index is 5.12. The van der Waals surface area contributed by atoms with Crippen molar-refractivity contribution in [3.05, 3.63) is 11.4 Å². The van der Waals surface area contributed by atoms with E-state index in [1.165, 1.54) is 6.21 Å². The summed E-state index contributed by atoms with van der Waals surface area (Å²) in [6.07, 6.45) is 1.01. The molecule has 0 aliphatic heterocycles. The summed E-state index contributed by atoms with van der Waals surface area (Å²) in [4.78, 5) is 5.69. The van der Waals surface area contributed by atoms with Crippen molar-refractivity contribution in [3.8, 4) is 0 Å². The van der Waals surface area contributed by atoms with Gasteiger partial charge in [0.15, 0.2) is 0 Å². The molecule has 5 nitrogen and oxygen atoms in total. The standard InChI is InChI=1S/C9H19N5/c1-6(13-3)8(5-10)9(12)14(4)7(2)11/h5,7,10H,11-12H2,1-4H3/b9-8+,10-5?,13-6-. The highest BCUT2D eigenvalue weighted by molar-refractivity contribution is 6.14. The van der Waals surface area contributed by atoms with Crippen molar-refractivity contribution in [1.29, 1.82) is 5.41 Å². The number of rotatable bonds is 4. The molecule has 0 aliphatic rings. The molecule has 5 N–H and O–H groups in total. The normalized spacial score (nSPS) is 15.9. The number of nitrogens with zero attached hydrogens (tertiary/aromatic N) is 2. The highest BCUT2D eigenvalue weighted by atomic mass is 15.2. The van der Waals surface area contributed by atoms with E-state index in [0.717, 1.165) is 5.71 Å². The second-order valence-corrected chi connectivity index (χ2v) is 3.10. The van der Waals surface area contributed by atoms with Gasteiger partial charge in [-0.05, 0) is 13.8 Å². The second kappa shape index (κ2) is 5.39. The van der Waals surface area contributed by atoms with Crippen molar-refractivity contribution in [1.82, 2.24) is 4.90 Å². The molecule has 0 fully saturated rings. The summed E-state index contributed by atoms with van der Waals surface area (Å²) in [5.74, 6) is 0.470. The molecule has 0 spiro atoms. The minimum Gasteiger partial charge on any atom is -0.385 e. The van der Waals surface area contributed by atoms with Crippen LogP contribution < -0.4 is 11.5 Å². The largest absolute Gasteiger partial charge is 0.385 e. The van der Waals surface area contributed by atoms with Gasteiger partial charge in [-0.1, -0.05) is 0 Å². The topological polar surface area (TPSA) is 91.5 Å². The fourth-order valence-electron chi connectivity index (χ4n) is 0.894. The van der Waals surface area contributed by atoms with Crippen molar-refractivity contribution in [3.63, 3.8) is 0 Å². The maximum atomic E-state index is 7.25. The van der Waals surface area contributed by atoms with Gasteiger partial charge in [0.2, 0.25) is 0 Å². The Labute approximate surface area is 85.0 Å². The SMILES string of the molecule is C/N=C(C)\C(C=N)=C(/N)N(C)C(C)N. The van der Waals surface area contributed by atoms with Gasteiger partial charge >= 0.3 is 0 Å². The third-order valence-corrected chi connectivity index (χ3v) is 2.14. The van der Waals surface area contributed by atoms with E-state index in [2.05, 4.69) is 4.99 Å². The zero-order valence-corrected chi connectivity index (χ0v) is 9.20. The minimum atomic E-state index is -0.186. The number of nitrogens with two attached hydrogens (primary N) is 2. The van der Waals surface area contributed by atoms with E-state index in [1.807, 2.05) is 13.8 Å². The number of hydrogen-bond donors (Lipinski definition) is 3. The monoisotopic (exact) mass is 197 g/mol. The van der Waals surface area contributed by atoms with Crippen molar-refractivity contribution in [2.24, 2.45) is 16.5 Å². The lowest BCUT2D eigenvalue weighted by Gasteiger charge is -2.25. The fourth-order valence-corrected chi connectivity index (χ4v) is 0.894. The summed E-state index contributed by atoms with van der Waals surface area (Å²) in [6.45, 7) is 3.63. The molecule has 0 saturated carbocycles. The molecule has 0 aliphatic carbocycles. The van der Waals surface area contributed by atoms with E-state index in [4.69, 9.17) is 16.9 Å². The first-order valence-electron chi connectivity index (χ1n) is 4.38. The molecular formula is C9H19N5. The third-order valence-electron chi connectivity index (χ3n) is 2.14. The predicted molar refractivity (Wildman–Crippen MR) is 60.4 cm³/mol. The Morgan fingerprint density at radius 3 is 2.36 bits per heavy atom. The Morgan fingerprint density at radius 2 is 2.07 bits per heavy atom. The van der Waals surface area contributed by atoms with Crippen LogP contribution in [0.3, 0.4) is 0 Å². The zero-order chi connectivity index (χ0) is 11.3. The van der Waals surface area contributed by atoms with E-state index >= 15 is 0 Å². The predicted octanol–water partition coefficient (Wildman–Crippen LogP) is 0.133. The van der Waals surface area contributed by atoms with E-state index in [-0.39, 0.29) is 6.17 Å². The summed E-state index contributed by atoms with van der Waals surface area (Å²) < 4.78 is 0. The van der Waals surface area contributed by atoms with Crippen LogP contribution in [0.15, 0.2) is 16.4 Å². The molecule has 0 radical (unpaired) electrons. The second-order valence-electron chi connectivity index (χ2n) is 3.10. The lowest BCUT2D eigenvalue weighted by molar-refractivity contribution is 0.327. The van der Waals surface area contributed by atoms with Gasteiger partial charge in [-0.15, -0.1) is 0 Å². The summed E-state index contributed by atoms with van der Waals surface area (Å²) in [7, 11) is 3.45. The van der Waals surface area contributed by atoms with Gasteiger partial charge in [0.25, 0.3) is 0 Å². The summed E-state index contributed by atoms with van der Waals surface area (Å²) in [5.41, 5.74) is 12.8. The van der Waals surface area contributed by atoms with Crippen molar-refractivity contribution < 1.29 is 0 Å². The average molecular weight is 197 g/mol. The maximum Gasteiger partial charge on any atom is 0.110 e. The van der Waals surface area contributed by atoms with Gasteiger partial charge in [-0.3, -0.25) is 4.99 Å². The van der Waals surface area contributed by atoms with Gasteiger partial charge < -0.3 is 21.8 Å². The molecule has 0 aromatic heterocycles. The number of aliphatic imine (C=N–C) groups is 1. The smallest absolute Gasteiger partial charge is 0.110 e. The Bertz CT molecular complexity index is 264. The molecule has 1 atom stereocenters. The first-order valence-corrected chi connectivity index (χ1v) is 4.38. The average Bonchev–Trinajstić information content (AvgIpc) is 2.16. The quantitative estimate of drug-likeness (QED) is 0.442. The molecule has 0 heterocycles. The summed E-state index contributed by atoms with van der Waals surface area (Å²) in [5, 5.41) is 7.25. The van der Waals surface area contributed by atoms with Crippen molar-refractivity contribution in [2.75, 3.05) is 14.1 Å². The van der Waals surface area contributed by atoms with Gasteiger partial charge in [-0.25, -0.2) is 0 Å². The summed E-state index contributed by atoms with van der Waals surface area (Å²) >= 11 is 0. The van der Waals surface area contributed by atoms with Gasteiger partial charge in [0, 0.05) is 26.0 Å². The van der Waals surface area contributed by atoms with Crippen LogP contribution in [0.1, 0.15) is 13.8 Å². The van der Waals surface area contributed by atoms with Crippen LogP contribution in [0.5, 0.6) is 0 Å². The first-order chi connectivity index (χ1) is 6.45. The van der Waals surface area contributed by atoms with E-state index in [9.17, 15) is 0 Å². The Morgan fingerprint density at radius 1 is 1.57 bits per heavy atom. The first kappa shape index (κ1) is 12.6. The Hall–Kier alpha value is -1.36. The maximum absolute atomic E-state index is 7.25. The fraction of sp³-hybridized carbons (Fsp3) is 0.556. The number of allylic oxidation sites excluding steroid dienone is 1. The molecule has 0 amide bonds. The van der Waals surface area contributed by atoms with Crippen LogP contribution in [0.25, 0.3) is 0 Å². The number of nitrogens with one attached hydrogen (secondary N) is 1. The zero-order valence-electron chi connectivity index (χ0n) is 9.20. The molecule has 14 heavy (non-hydrogen) atoms. The van der Waals surface area contributed by atoms with E-state index in [0.29, 0.717) is 11.4 Å². The van der Waals surface area contributed by atoms with E-state index < -0.39 is 0 Å². The van der Waals surface area contributed by atoms with Crippen molar-refractivity contribution >= 4 is 11.9 Å². The molecule has 5 heteroatoms. The summed E-state index contributed by atoms with van der Waals surface area (Å²) in [6, 6.07) is 0. The number of hydrogen-bond acceptors (Lipinski definition) is 5. The molecule has 0 saturated heterocycles. The molecule has 0 rings (SSSR count). The lowest BCUT2D eigenvalue weighted by Crippen LogP contribution is -2.39. The molecule has 0 aromatic carbocycles. The van der Waals surface area contributed by atoms with Crippen LogP contribution in [-0.2, 0) is 0 Å². The van der Waals surface area contributed by atoms with Gasteiger partial charge in [0.1, 0.15) is 5.82 Å². The minimum absolute atomic E-state index is 0.186. The van der Waals surface area contributed by atoms with Gasteiger partial charge in [0.05, 0.1) is 11.7 Å². The molecule has 80 valence electrons. The van der Waals surface area contributed by atoms with Crippen LogP contribution in [0.4, 0.5) is 0 Å². The van der Waals surface area contributed by atoms with Crippen LogP contribution in [0.2, 0.25) is 0 Å². The van der Waals surface area contributed by atoms with Crippen molar-refractivity contribution in [2.45, 2.75) is 20.0 Å². The van der Waals surface area contributed by atoms with E-state index in [1.54, 1.807) is 19.0 Å². The molecule has 0 bridgehead atoms. The Kier molecular flexibility index (Phi) is 4.86. The van der Waals surface area contributed by atoms with Crippen LogP contribution in [0, 0.1) is 5.41 Å². The molecule has 0 aromatic rings. The molecular weight excluding hydrogens is 178 g/mol. The highest BCUT2D eigenvalue weighted by Gasteiger charge is 2.11. The van der Waals surface area contributed by atoms with Crippen LogP contribution >= 0.6 is 0 Å². The van der Waals surface area contributed by atoms with Gasteiger partial charge in [-0.2, -0.15) is 0 Å². The lowest BCUT2D eigenvalue weighted by atomic mass is 10.2. The highest BCUT2D eigenvalue weighted by Crippen LogP contribution is 2.05. The van der Waals surface area contributed by atoms with Crippen LogP contribution in [-0.4, -0.2) is 37.1 Å². The molecule has 1 unspecified atom stereocenters.